The van der Waals surface area contributed by atoms with Crippen LogP contribution in [0.2, 0.25) is 10.3 Å². The monoisotopic (exact) mass is 239 g/mol. The van der Waals surface area contributed by atoms with Gasteiger partial charge in [-0.2, -0.15) is 13.2 Å². The summed E-state index contributed by atoms with van der Waals surface area (Å²) in [5, 5.41) is -0.662. The second-order valence-electron chi connectivity index (χ2n) is 1.83. The molecule has 0 fully saturated rings. The molecule has 0 saturated heterocycles. The Bertz CT molecular complexity index is 284. The molecule has 1 rings (SSSR count). The smallest absolute Gasteiger partial charge is 0.212 e. The Morgan fingerprint density at radius 2 is 1.46 bits per heavy atom. The van der Waals surface area contributed by atoms with Gasteiger partial charge in [-0.25, -0.2) is 9.97 Å². The van der Waals surface area contributed by atoms with Crippen molar-refractivity contribution >= 4 is 52.8 Å². The summed E-state index contributed by atoms with van der Waals surface area (Å²) in [5.74, 6) is -1.33. The van der Waals surface area contributed by atoms with Crippen LogP contribution in [-0.4, -0.2) is 39.5 Å². The summed E-state index contributed by atoms with van der Waals surface area (Å²) in [6, 6.07) is 1.03. The van der Waals surface area contributed by atoms with Crippen molar-refractivity contribution in [2.45, 2.75) is 6.18 Å². The van der Waals surface area contributed by atoms with Crippen LogP contribution in [0, 0.1) is 0 Å². The van der Waals surface area contributed by atoms with Crippen molar-refractivity contribution in [1.29, 1.82) is 0 Å². The molecule has 1 heterocycles. The molecule has 0 atom stereocenters. The van der Waals surface area contributed by atoms with Crippen LogP contribution in [-0.2, 0) is 6.18 Å². The number of nitrogens with zero attached hydrogens (tertiary/aromatic N) is 2. The Labute approximate surface area is 104 Å². The molecule has 0 unspecified atom stereocenters. The van der Waals surface area contributed by atoms with Gasteiger partial charge in [-0.05, 0) is 0 Å². The summed E-state index contributed by atoms with van der Waals surface area (Å²) in [4.78, 5) is 5.90. The minimum Gasteiger partial charge on any atom is -0.212 e. The predicted molar refractivity (Wildman–Crippen MR) is 42.8 cm³/mol. The molecule has 0 spiro atoms. The van der Waals surface area contributed by atoms with Crippen LogP contribution in [0.15, 0.2) is 6.07 Å². The van der Waals surface area contributed by atoms with E-state index >= 15 is 0 Å². The van der Waals surface area contributed by atoms with E-state index in [9.17, 15) is 13.2 Å². The Kier molecular flexibility index (Phi) is 4.96. The third kappa shape index (κ3) is 3.99. The summed E-state index contributed by atoms with van der Waals surface area (Å²) in [7, 11) is 0. The van der Waals surface area contributed by atoms with E-state index in [1.165, 1.54) is 0 Å². The van der Waals surface area contributed by atoms with Crippen molar-refractivity contribution in [3.63, 3.8) is 0 Å². The van der Waals surface area contributed by atoms with E-state index in [4.69, 9.17) is 23.2 Å². The van der Waals surface area contributed by atoms with E-state index in [1.54, 1.807) is 0 Å². The van der Waals surface area contributed by atoms with Gasteiger partial charge in [0.1, 0.15) is 10.3 Å². The zero-order valence-electron chi connectivity index (χ0n) is 6.36. The first-order valence-corrected chi connectivity index (χ1v) is 3.42. The number of hydrogen-bond donors (Lipinski definition) is 0. The van der Waals surface area contributed by atoms with E-state index in [0.717, 1.165) is 6.07 Å². The molecule has 67 valence electrons. The summed E-state index contributed by atoms with van der Waals surface area (Å²) < 4.78 is 35.7. The Balaban J connectivity index is 0.00000144. The molecule has 0 aliphatic carbocycles. The fourth-order valence-electron chi connectivity index (χ4n) is 0.517. The largest absolute Gasteiger partial charge is 0.451 e. The first kappa shape index (κ1) is 13.4. The van der Waals surface area contributed by atoms with Crippen molar-refractivity contribution in [3.05, 3.63) is 22.2 Å². The standard InChI is InChI=1S/C5HCl2F3N2.Na/c6-2-1-3(7)12-4(11-2)5(8,9)10;/h1H;. The quantitative estimate of drug-likeness (QED) is 0.514. The van der Waals surface area contributed by atoms with Crippen LogP contribution < -0.4 is 0 Å². The maximum atomic E-state index is 11.9. The van der Waals surface area contributed by atoms with Gasteiger partial charge in [-0.1, -0.05) is 23.2 Å². The molecule has 1 aromatic heterocycles. The van der Waals surface area contributed by atoms with Crippen LogP contribution in [0.4, 0.5) is 13.2 Å². The average molecular weight is 240 g/mol. The van der Waals surface area contributed by atoms with E-state index in [0.29, 0.717) is 0 Å². The predicted octanol–water partition coefficient (Wildman–Crippen LogP) is 2.42. The second kappa shape index (κ2) is 4.79. The molecule has 0 aliphatic heterocycles. The number of halogens is 5. The maximum absolute atomic E-state index is 11.9. The third-order valence-corrected chi connectivity index (χ3v) is 1.30. The summed E-state index contributed by atoms with van der Waals surface area (Å²) in [6.45, 7) is 0. The van der Waals surface area contributed by atoms with Gasteiger partial charge >= 0.3 is 6.18 Å². The molecule has 0 bridgehead atoms. The zero-order valence-corrected chi connectivity index (χ0v) is 9.87. The van der Waals surface area contributed by atoms with Crippen LogP contribution >= 0.6 is 23.2 Å². The minimum atomic E-state index is -4.62. The molecule has 13 heavy (non-hydrogen) atoms. The van der Waals surface area contributed by atoms with Gasteiger partial charge in [0.05, 0.1) is 0 Å². The molecule has 0 aliphatic rings. The summed E-state index contributed by atoms with van der Waals surface area (Å²) in [5.41, 5.74) is 0. The van der Waals surface area contributed by atoms with Crippen LogP contribution in [0.25, 0.3) is 0 Å². The first-order valence-electron chi connectivity index (χ1n) is 2.67. The molecule has 1 aromatic rings. The third-order valence-electron chi connectivity index (χ3n) is 0.917. The normalized spacial score (nSPS) is 10.8. The van der Waals surface area contributed by atoms with Gasteiger partial charge in [0.15, 0.2) is 0 Å². The average Bonchev–Trinajstić information content (AvgIpc) is 1.82. The van der Waals surface area contributed by atoms with Gasteiger partial charge in [0.2, 0.25) is 5.82 Å². The van der Waals surface area contributed by atoms with Gasteiger partial charge in [0.25, 0.3) is 0 Å². The molecule has 0 N–H and O–H groups in total. The maximum Gasteiger partial charge on any atom is 0.451 e. The molecular formula is C5HCl2F3N2Na. The molecule has 1 radical (unpaired) electrons. The van der Waals surface area contributed by atoms with Gasteiger partial charge in [0, 0.05) is 35.6 Å². The van der Waals surface area contributed by atoms with Crippen LogP contribution in [0.5, 0.6) is 0 Å². The van der Waals surface area contributed by atoms with E-state index in [2.05, 4.69) is 9.97 Å². The molecule has 2 nitrogen and oxygen atoms in total. The Morgan fingerprint density at radius 3 is 1.77 bits per heavy atom. The van der Waals surface area contributed by atoms with E-state index in [-0.39, 0.29) is 39.9 Å². The van der Waals surface area contributed by atoms with E-state index in [1.807, 2.05) is 0 Å². The van der Waals surface area contributed by atoms with Crippen molar-refractivity contribution in [1.82, 2.24) is 9.97 Å². The fraction of sp³-hybridized carbons (Fsp3) is 0.200. The number of rotatable bonds is 0. The van der Waals surface area contributed by atoms with Crippen LogP contribution in [0.3, 0.4) is 0 Å². The molecule has 8 heteroatoms. The Morgan fingerprint density at radius 1 is 1.08 bits per heavy atom. The van der Waals surface area contributed by atoms with Gasteiger partial charge in [-0.15, -0.1) is 0 Å². The SMILES string of the molecule is FC(F)(F)c1nc(Cl)cc(Cl)n1.[Na]. The fourth-order valence-corrected chi connectivity index (χ4v) is 0.940. The molecule has 0 aromatic carbocycles. The second-order valence-corrected chi connectivity index (χ2v) is 2.61. The molecule has 0 saturated carbocycles. The van der Waals surface area contributed by atoms with E-state index < -0.39 is 12.0 Å². The number of alkyl halides is 3. The molecule has 0 amide bonds. The minimum absolute atomic E-state index is 0. The Hall–Kier alpha value is 0.450. The van der Waals surface area contributed by atoms with Crippen molar-refractivity contribution < 1.29 is 13.2 Å². The summed E-state index contributed by atoms with van der Waals surface area (Å²) >= 11 is 10.4. The number of aromatic nitrogens is 2. The number of hydrogen-bond acceptors (Lipinski definition) is 2. The van der Waals surface area contributed by atoms with Crippen molar-refractivity contribution in [3.8, 4) is 0 Å². The molecular weight excluding hydrogens is 239 g/mol. The van der Waals surface area contributed by atoms with Crippen molar-refractivity contribution in [2.24, 2.45) is 0 Å². The zero-order chi connectivity index (χ0) is 9.35. The van der Waals surface area contributed by atoms with Gasteiger partial charge < -0.3 is 0 Å². The van der Waals surface area contributed by atoms with Crippen molar-refractivity contribution in [2.75, 3.05) is 0 Å². The van der Waals surface area contributed by atoms with Gasteiger partial charge in [-0.3, -0.25) is 0 Å². The van der Waals surface area contributed by atoms with Crippen LogP contribution in [0.1, 0.15) is 5.82 Å². The first-order chi connectivity index (χ1) is 5.39. The summed E-state index contributed by atoms with van der Waals surface area (Å²) in [6.07, 6.45) is -4.62. The topological polar surface area (TPSA) is 25.8 Å².